The average molecular weight is 300 g/mol. The van der Waals surface area contributed by atoms with Gasteiger partial charge in [0.25, 0.3) is 0 Å². The third-order valence-corrected chi connectivity index (χ3v) is 4.75. The Morgan fingerprint density at radius 3 is 2.67 bits per heavy atom. The molecule has 2 heterocycles. The van der Waals surface area contributed by atoms with Gasteiger partial charge >= 0.3 is 0 Å². The molecule has 3 nitrogen and oxygen atoms in total. The van der Waals surface area contributed by atoms with E-state index in [2.05, 4.69) is 11.0 Å². The van der Waals surface area contributed by atoms with E-state index in [9.17, 15) is 14.4 Å². The first-order chi connectivity index (χ1) is 10.2. The molecule has 1 aliphatic rings. The zero-order chi connectivity index (χ0) is 14.8. The van der Waals surface area contributed by atoms with Crippen LogP contribution in [-0.2, 0) is 0 Å². The summed E-state index contributed by atoms with van der Waals surface area (Å²) in [4.78, 5) is 13.7. The minimum atomic E-state index is -0.507. The van der Waals surface area contributed by atoms with Crippen molar-refractivity contribution in [2.75, 3.05) is 18.0 Å². The largest absolute Gasteiger partial charge is 0.370 e. The molecule has 3 rings (SSSR count). The highest BCUT2D eigenvalue weighted by atomic mass is 32.1. The van der Waals surface area contributed by atoms with Gasteiger partial charge in [-0.25, -0.2) is 4.39 Å². The van der Waals surface area contributed by atoms with E-state index in [1.807, 2.05) is 12.1 Å². The molecule has 0 radical (unpaired) electrons. The molecule has 0 bridgehead atoms. The van der Waals surface area contributed by atoms with E-state index in [0.717, 1.165) is 48.5 Å². The smallest absolute Gasteiger partial charge is 0.163 e. The SMILES string of the molecule is N#Cc1cc(-c2cc(F)c(C=O)s2)ccc1N1CCCC1. The maximum Gasteiger partial charge on any atom is 0.163 e. The molecule has 106 valence electrons. The summed E-state index contributed by atoms with van der Waals surface area (Å²) in [6.45, 7) is 1.94. The molecule has 5 heteroatoms. The van der Waals surface area contributed by atoms with E-state index in [1.165, 1.54) is 6.07 Å². The zero-order valence-electron chi connectivity index (χ0n) is 11.3. The van der Waals surface area contributed by atoms with E-state index < -0.39 is 5.82 Å². The molecule has 1 saturated heterocycles. The molecular formula is C16H13FN2OS. The van der Waals surface area contributed by atoms with Crippen LogP contribution in [0.4, 0.5) is 10.1 Å². The summed E-state index contributed by atoms with van der Waals surface area (Å²) in [7, 11) is 0. The summed E-state index contributed by atoms with van der Waals surface area (Å²) in [5.74, 6) is -0.507. The molecule has 21 heavy (non-hydrogen) atoms. The van der Waals surface area contributed by atoms with E-state index in [4.69, 9.17) is 0 Å². The minimum absolute atomic E-state index is 0.0899. The predicted octanol–water partition coefficient (Wildman–Crippen LogP) is 3.84. The molecule has 1 aromatic carbocycles. The number of halogens is 1. The van der Waals surface area contributed by atoms with Gasteiger partial charge in [0, 0.05) is 18.0 Å². The first kappa shape index (κ1) is 13.8. The molecule has 0 unspecified atom stereocenters. The number of thiophene rings is 1. The van der Waals surface area contributed by atoms with Gasteiger partial charge in [0.2, 0.25) is 0 Å². The Balaban J connectivity index is 2.00. The highest BCUT2D eigenvalue weighted by Crippen LogP contribution is 2.33. The number of rotatable bonds is 3. The highest BCUT2D eigenvalue weighted by molar-refractivity contribution is 7.17. The van der Waals surface area contributed by atoms with Crippen LogP contribution in [0.25, 0.3) is 10.4 Å². The van der Waals surface area contributed by atoms with Gasteiger partial charge < -0.3 is 4.90 Å². The number of anilines is 1. The lowest BCUT2D eigenvalue weighted by atomic mass is 10.1. The molecule has 1 aliphatic heterocycles. The van der Waals surface area contributed by atoms with Gasteiger partial charge in [0.05, 0.1) is 11.3 Å². The van der Waals surface area contributed by atoms with Crippen molar-refractivity contribution in [3.63, 3.8) is 0 Å². The molecule has 0 saturated carbocycles. The summed E-state index contributed by atoms with van der Waals surface area (Å²) in [5.41, 5.74) is 2.30. The Labute approximate surface area is 126 Å². The van der Waals surface area contributed by atoms with Gasteiger partial charge in [0.1, 0.15) is 16.8 Å². The molecule has 1 aromatic heterocycles. The summed E-state index contributed by atoms with van der Waals surface area (Å²) >= 11 is 1.10. The topological polar surface area (TPSA) is 44.1 Å². The van der Waals surface area contributed by atoms with Crippen LogP contribution in [0.15, 0.2) is 24.3 Å². The standard InChI is InChI=1S/C16H13FN2OS/c17-13-8-15(21-16(13)10-20)11-3-4-14(12(7-11)9-18)19-5-1-2-6-19/h3-4,7-8,10H,1-2,5-6H2. The fourth-order valence-corrected chi connectivity index (χ4v) is 3.47. The van der Waals surface area contributed by atoms with Crippen LogP contribution in [0.1, 0.15) is 28.1 Å². The van der Waals surface area contributed by atoms with Crippen LogP contribution in [0.3, 0.4) is 0 Å². The third-order valence-electron chi connectivity index (χ3n) is 3.67. The fourth-order valence-electron chi connectivity index (χ4n) is 2.62. The predicted molar refractivity (Wildman–Crippen MR) is 81.3 cm³/mol. The van der Waals surface area contributed by atoms with Crippen LogP contribution in [0.2, 0.25) is 0 Å². The summed E-state index contributed by atoms with van der Waals surface area (Å²) in [6.07, 6.45) is 2.81. The van der Waals surface area contributed by atoms with Gasteiger partial charge in [-0.3, -0.25) is 4.79 Å². The van der Waals surface area contributed by atoms with Gasteiger partial charge in [-0.1, -0.05) is 6.07 Å². The molecule has 2 aromatic rings. The number of nitriles is 1. The number of aldehydes is 1. The minimum Gasteiger partial charge on any atom is -0.370 e. The van der Waals surface area contributed by atoms with Crippen molar-refractivity contribution < 1.29 is 9.18 Å². The summed E-state index contributed by atoms with van der Waals surface area (Å²) in [5, 5.41) is 9.35. The first-order valence-corrected chi connectivity index (χ1v) is 7.58. The van der Waals surface area contributed by atoms with Crippen molar-refractivity contribution in [2.24, 2.45) is 0 Å². The summed E-state index contributed by atoms with van der Waals surface area (Å²) in [6, 6.07) is 9.13. The zero-order valence-corrected chi connectivity index (χ0v) is 12.1. The van der Waals surface area contributed by atoms with E-state index in [0.29, 0.717) is 16.7 Å². The number of benzene rings is 1. The van der Waals surface area contributed by atoms with Gasteiger partial charge in [0.15, 0.2) is 6.29 Å². The van der Waals surface area contributed by atoms with Crippen molar-refractivity contribution in [1.29, 1.82) is 5.26 Å². The maximum atomic E-state index is 13.5. The number of hydrogen-bond donors (Lipinski definition) is 0. The Morgan fingerprint density at radius 1 is 1.29 bits per heavy atom. The van der Waals surface area contributed by atoms with E-state index >= 15 is 0 Å². The van der Waals surface area contributed by atoms with Crippen molar-refractivity contribution >= 4 is 23.3 Å². The lowest BCUT2D eigenvalue weighted by Crippen LogP contribution is -2.18. The average Bonchev–Trinajstić information content (AvgIpc) is 3.15. The van der Waals surface area contributed by atoms with Crippen molar-refractivity contribution in [1.82, 2.24) is 0 Å². The van der Waals surface area contributed by atoms with Crippen molar-refractivity contribution in [3.8, 4) is 16.5 Å². The quantitative estimate of drug-likeness (QED) is 0.809. The van der Waals surface area contributed by atoms with Gasteiger partial charge in [-0.2, -0.15) is 5.26 Å². The monoisotopic (exact) mass is 300 g/mol. The third kappa shape index (κ3) is 2.55. The lowest BCUT2D eigenvalue weighted by Gasteiger charge is -2.19. The normalized spacial score (nSPS) is 14.2. The maximum absolute atomic E-state index is 13.5. The van der Waals surface area contributed by atoms with Gasteiger partial charge in [-0.05, 0) is 36.6 Å². The molecule has 1 fully saturated rings. The molecule has 0 spiro atoms. The number of nitrogens with zero attached hydrogens (tertiary/aromatic N) is 2. The lowest BCUT2D eigenvalue weighted by molar-refractivity contribution is 0.112. The highest BCUT2D eigenvalue weighted by Gasteiger charge is 2.17. The number of carbonyl (C=O) groups is 1. The Morgan fingerprint density at radius 2 is 2.05 bits per heavy atom. The second kappa shape index (κ2) is 5.66. The Kier molecular flexibility index (Phi) is 3.72. The van der Waals surface area contributed by atoms with Crippen LogP contribution in [0, 0.1) is 17.1 Å². The van der Waals surface area contributed by atoms with Gasteiger partial charge in [-0.15, -0.1) is 11.3 Å². The second-order valence-corrected chi connectivity index (χ2v) is 6.06. The molecule has 0 N–H and O–H groups in total. The van der Waals surface area contributed by atoms with E-state index in [1.54, 1.807) is 6.07 Å². The Bertz CT molecular complexity index is 726. The number of hydrogen-bond acceptors (Lipinski definition) is 4. The Hall–Kier alpha value is -2.19. The van der Waals surface area contributed by atoms with Crippen molar-refractivity contribution in [3.05, 3.63) is 40.5 Å². The van der Waals surface area contributed by atoms with Crippen LogP contribution in [-0.4, -0.2) is 19.4 Å². The first-order valence-electron chi connectivity index (χ1n) is 6.77. The van der Waals surface area contributed by atoms with Crippen LogP contribution in [0.5, 0.6) is 0 Å². The van der Waals surface area contributed by atoms with Crippen LogP contribution >= 0.6 is 11.3 Å². The van der Waals surface area contributed by atoms with E-state index in [-0.39, 0.29) is 4.88 Å². The summed E-state index contributed by atoms with van der Waals surface area (Å²) < 4.78 is 13.5. The van der Waals surface area contributed by atoms with Crippen LogP contribution < -0.4 is 4.90 Å². The number of carbonyl (C=O) groups excluding carboxylic acids is 1. The van der Waals surface area contributed by atoms with Crippen molar-refractivity contribution in [2.45, 2.75) is 12.8 Å². The molecule has 0 atom stereocenters. The molecular weight excluding hydrogens is 287 g/mol. The molecule has 0 amide bonds. The fraction of sp³-hybridized carbons (Fsp3) is 0.250. The second-order valence-electron chi connectivity index (χ2n) is 4.98. The molecule has 0 aliphatic carbocycles.